The maximum Gasteiger partial charge on any atom is 0.307 e. The van der Waals surface area contributed by atoms with Gasteiger partial charge in [0.2, 0.25) is 0 Å². The number of rotatable bonds is 3. The van der Waals surface area contributed by atoms with Crippen LogP contribution in [-0.4, -0.2) is 68.2 Å². The van der Waals surface area contributed by atoms with Gasteiger partial charge in [0, 0.05) is 42.6 Å². The number of aliphatic carboxylic acids is 1. The largest absolute Gasteiger partial charge is 0.493 e. The smallest absolute Gasteiger partial charge is 0.307 e. The highest BCUT2D eigenvalue weighted by molar-refractivity contribution is 5.80. The third kappa shape index (κ3) is 9.67. The quantitative estimate of drug-likeness (QED) is 0.192. The first-order chi connectivity index (χ1) is 24.6. The molecule has 0 saturated carbocycles. The van der Waals surface area contributed by atoms with Gasteiger partial charge in [-0.05, 0) is 103 Å². The second-order valence-corrected chi connectivity index (χ2v) is 14.6. The topological polar surface area (TPSA) is 117 Å². The highest BCUT2D eigenvalue weighted by Crippen LogP contribution is 2.40. The Hall–Kier alpha value is -4.06. The second-order valence-electron chi connectivity index (χ2n) is 14.6. The molecule has 1 saturated heterocycles. The fourth-order valence-corrected chi connectivity index (χ4v) is 6.69. The molecule has 284 valence electrons. The van der Waals surface area contributed by atoms with Crippen molar-refractivity contribution >= 4 is 17.4 Å². The van der Waals surface area contributed by atoms with Crippen LogP contribution in [0.3, 0.4) is 0 Å². The number of nitrogens with zero attached hydrogens (tertiary/aromatic N) is 3. The van der Waals surface area contributed by atoms with Gasteiger partial charge in [-0.2, -0.15) is 0 Å². The molecule has 2 aromatic heterocycles. The summed E-state index contributed by atoms with van der Waals surface area (Å²) >= 11 is 0. The highest BCUT2D eigenvalue weighted by atomic mass is 19.2. The lowest BCUT2D eigenvalue weighted by molar-refractivity contribution is -0.136. The van der Waals surface area contributed by atoms with Crippen molar-refractivity contribution in [1.29, 1.82) is 0 Å². The van der Waals surface area contributed by atoms with Gasteiger partial charge in [-0.15, -0.1) is 0 Å². The molecule has 3 aliphatic heterocycles. The Balaban J connectivity index is 0.000000797. The van der Waals surface area contributed by atoms with E-state index in [-0.39, 0.29) is 23.3 Å². The van der Waals surface area contributed by atoms with Gasteiger partial charge < -0.3 is 29.7 Å². The summed E-state index contributed by atoms with van der Waals surface area (Å²) in [6.45, 7) is 17.1. The number of pyridine rings is 1. The van der Waals surface area contributed by atoms with Crippen LogP contribution in [0.4, 0.5) is 14.6 Å². The molecule has 1 fully saturated rings. The van der Waals surface area contributed by atoms with Crippen LogP contribution in [0.5, 0.6) is 5.75 Å². The molecular formula is C41H55F2N3O6. The first-order valence-electron chi connectivity index (χ1n) is 18.3. The second kappa shape index (κ2) is 17.2. The first-order valence-corrected chi connectivity index (χ1v) is 18.3. The van der Waals surface area contributed by atoms with Crippen molar-refractivity contribution in [2.24, 2.45) is 0 Å². The van der Waals surface area contributed by atoms with Crippen LogP contribution in [0.25, 0.3) is 28.0 Å². The van der Waals surface area contributed by atoms with Gasteiger partial charge in [-0.1, -0.05) is 32.0 Å². The number of halogens is 2. The van der Waals surface area contributed by atoms with Gasteiger partial charge >= 0.3 is 5.97 Å². The van der Waals surface area contributed by atoms with Crippen LogP contribution in [0.2, 0.25) is 0 Å². The third-order valence-electron chi connectivity index (χ3n) is 9.17. The molecular weight excluding hydrogens is 668 g/mol. The van der Waals surface area contributed by atoms with Crippen molar-refractivity contribution in [3.05, 3.63) is 70.9 Å². The van der Waals surface area contributed by atoms with E-state index in [1.807, 2.05) is 37.4 Å². The lowest BCUT2D eigenvalue weighted by Crippen LogP contribution is -2.45. The molecule has 2 aromatic carbocycles. The number of benzene rings is 2. The summed E-state index contributed by atoms with van der Waals surface area (Å²) in [6.07, 6.45) is 4.69. The van der Waals surface area contributed by atoms with Crippen LogP contribution in [0, 0.1) is 18.6 Å². The molecule has 52 heavy (non-hydrogen) atoms. The number of hydrogen-bond donors (Lipinski definition) is 3. The van der Waals surface area contributed by atoms with Crippen LogP contribution in [0.1, 0.15) is 103 Å². The zero-order chi connectivity index (χ0) is 38.4. The minimum atomic E-state index is -0.986. The molecule has 3 aliphatic rings. The Bertz CT molecular complexity index is 1830. The molecule has 11 heteroatoms. The highest BCUT2D eigenvalue weighted by Gasteiger charge is 2.34. The van der Waals surface area contributed by atoms with Crippen molar-refractivity contribution in [3.63, 3.8) is 0 Å². The normalized spacial score (nSPS) is 16.5. The molecule has 7 rings (SSSR count). The van der Waals surface area contributed by atoms with Crippen LogP contribution < -0.4 is 9.64 Å². The van der Waals surface area contributed by atoms with Crippen LogP contribution >= 0.6 is 0 Å². The summed E-state index contributed by atoms with van der Waals surface area (Å²) in [5.74, 6) is -1.93. The maximum atomic E-state index is 15.4. The lowest BCUT2D eigenvalue weighted by Gasteiger charge is -2.41. The first kappa shape index (κ1) is 40.7. The van der Waals surface area contributed by atoms with Gasteiger partial charge in [-0.3, -0.25) is 9.20 Å². The average molecular weight is 724 g/mol. The summed E-state index contributed by atoms with van der Waals surface area (Å²) in [7, 11) is 0. The number of aromatic nitrogens is 2. The summed E-state index contributed by atoms with van der Waals surface area (Å²) in [4.78, 5) is 19.3. The van der Waals surface area contributed by atoms with Crippen molar-refractivity contribution < 1.29 is 38.4 Å². The van der Waals surface area contributed by atoms with Crippen LogP contribution in [-0.2, 0) is 16.0 Å². The van der Waals surface area contributed by atoms with E-state index in [1.54, 1.807) is 45.9 Å². The minimum Gasteiger partial charge on any atom is -0.493 e. The summed E-state index contributed by atoms with van der Waals surface area (Å²) in [6, 6.07) is 9.60. The Labute approximate surface area is 306 Å². The van der Waals surface area contributed by atoms with Gasteiger partial charge in [0.25, 0.3) is 0 Å². The zero-order valence-corrected chi connectivity index (χ0v) is 31.9. The Morgan fingerprint density at radius 3 is 2.31 bits per heavy atom. The third-order valence-corrected chi connectivity index (χ3v) is 9.17. The van der Waals surface area contributed by atoms with Gasteiger partial charge in [0.15, 0.2) is 11.6 Å². The predicted octanol–water partition coefficient (Wildman–Crippen LogP) is 8.68. The summed E-state index contributed by atoms with van der Waals surface area (Å²) < 4.78 is 44.1. The van der Waals surface area contributed by atoms with E-state index in [0.717, 1.165) is 44.0 Å². The van der Waals surface area contributed by atoms with Gasteiger partial charge in [0.1, 0.15) is 17.2 Å². The molecule has 1 atom stereocenters. The SMILES string of the molecule is CC.CC(C)(C)O.Cc1c(CC(=O)O)c2n3cc(nc3c1C(C)O)-c1cccc(c1)-c1c(ccc(F)c1F)OCCCCCOC1(C)CCN2CC1. The zero-order valence-electron chi connectivity index (χ0n) is 31.9. The van der Waals surface area contributed by atoms with E-state index in [4.69, 9.17) is 19.6 Å². The number of carboxylic acids is 1. The molecule has 0 radical (unpaired) electrons. The number of aliphatic hydroxyl groups is 2. The summed E-state index contributed by atoms with van der Waals surface area (Å²) in [5.41, 5.74) is 3.25. The van der Waals surface area contributed by atoms with Crippen molar-refractivity contribution in [2.45, 2.75) is 111 Å². The van der Waals surface area contributed by atoms with E-state index in [1.165, 1.54) is 6.07 Å². The fraction of sp³-hybridized carbons (Fsp3) is 0.512. The number of imidazole rings is 1. The lowest BCUT2D eigenvalue weighted by atomic mass is 9.92. The van der Waals surface area contributed by atoms with Crippen molar-refractivity contribution in [2.75, 3.05) is 31.2 Å². The number of carboxylic acid groups (broad SMARTS) is 1. The molecule has 5 heterocycles. The molecule has 0 amide bonds. The van der Waals surface area contributed by atoms with Crippen molar-refractivity contribution in [3.8, 4) is 28.1 Å². The van der Waals surface area contributed by atoms with Gasteiger partial charge in [-0.25, -0.2) is 13.8 Å². The molecule has 9 nitrogen and oxygen atoms in total. The molecule has 4 aromatic rings. The van der Waals surface area contributed by atoms with Crippen molar-refractivity contribution in [1.82, 2.24) is 9.38 Å². The van der Waals surface area contributed by atoms with Crippen LogP contribution in [0.15, 0.2) is 42.6 Å². The molecule has 0 aliphatic carbocycles. The maximum absolute atomic E-state index is 15.4. The Morgan fingerprint density at radius 1 is 1.04 bits per heavy atom. The van der Waals surface area contributed by atoms with E-state index in [2.05, 4.69) is 11.8 Å². The number of fused-ring (bicyclic) bond motifs is 8. The minimum absolute atomic E-state index is 0.0413. The van der Waals surface area contributed by atoms with E-state index in [9.17, 15) is 19.4 Å². The monoisotopic (exact) mass is 723 g/mol. The summed E-state index contributed by atoms with van der Waals surface area (Å²) in [5, 5.41) is 29.4. The molecule has 1 unspecified atom stereocenters. The number of carbonyl (C=O) groups is 1. The number of aliphatic hydroxyl groups excluding tert-OH is 1. The number of hydrogen-bond acceptors (Lipinski definition) is 7. The molecule has 3 N–H and O–H groups in total. The molecule has 0 spiro atoms. The van der Waals surface area contributed by atoms with Gasteiger partial charge in [0.05, 0.1) is 41.6 Å². The Morgan fingerprint density at radius 2 is 1.67 bits per heavy atom. The van der Waals surface area contributed by atoms with E-state index < -0.39 is 29.3 Å². The average Bonchev–Trinajstić information content (AvgIpc) is 3.51. The fourth-order valence-electron chi connectivity index (χ4n) is 6.69. The number of ether oxygens (including phenoxy) is 2. The predicted molar refractivity (Wildman–Crippen MR) is 201 cm³/mol. The number of anilines is 1. The van der Waals surface area contributed by atoms with E-state index in [0.29, 0.717) is 65.5 Å². The van der Waals surface area contributed by atoms with E-state index >= 15 is 4.39 Å². The molecule has 6 bridgehead atoms. The standard InChI is InChI=1S/C35H39F2N3O5.C4H10O.C2H6/c1-21-25(19-29(42)43)34-39-14-12-35(3,13-15-39)45-17-6-4-5-16-44-28-11-10-26(36)32(37)31(28)24-9-7-8-23(18-24)27-20-40(34)33(38-27)30(21)22(2)41;1-4(2,3)5;1-2/h7-11,18,20,22,41H,4-6,12-17,19H2,1-3H3,(H,42,43);5H,1-3H3;1-2H3. The number of piperidine rings is 1. The Kier molecular flexibility index (Phi) is 13.4.